The van der Waals surface area contributed by atoms with Gasteiger partial charge in [-0.1, -0.05) is 31.2 Å². The van der Waals surface area contributed by atoms with E-state index in [1.54, 1.807) is 30.5 Å². The molecule has 0 unspecified atom stereocenters. The molecule has 2 aromatic heterocycles. The van der Waals surface area contributed by atoms with Gasteiger partial charge in [0.15, 0.2) is 10.9 Å². The summed E-state index contributed by atoms with van der Waals surface area (Å²) >= 11 is 5.28. The molecule has 0 radical (unpaired) electrons. The summed E-state index contributed by atoms with van der Waals surface area (Å²) in [7, 11) is 0. The molecule has 12 heteroatoms. The minimum Gasteiger partial charge on any atom is -0.438 e. The smallest absolute Gasteiger partial charge is 0.416 e. The second-order valence-electron chi connectivity index (χ2n) is 8.47. The minimum absolute atomic E-state index is 0.0920. The van der Waals surface area contributed by atoms with E-state index in [2.05, 4.69) is 30.6 Å². The largest absolute Gasteiger partial charge is 0.438 e. The molecule has 0 atom stereocenters. The number of nitrogens with one attached hydrogen (secondary N) is 2. The van der Waals surface area contributed by atoms with Crippen LogP contribution in [-0.2, 0) is 12.6 Å². The van der Waals surface area contributed by atoms with E-state index >= 15 is 0 Å². The van der Waals surface area contributed by atoms with Crippen molar-refractivity contribution < 1.29 is 22.3 Å². The number of thiocarbonyl (C=S) groups is 1. The van der Waals surface area contributed by atoms with Gasteiger partial charge < -0.3 is 15.4 Å². The molecular formula is C28H20F4N6OS. The first-order valence-electron chi connectivity index (χ1n) is 12.0. The highest BCUT2D eigenvalue weighted by Crippen LogP contribution is 2.37. The fraction of sp³-hybridized carbons (Fsp3) is 0.107. The lowest BCUT2D eigenvalue weighted by Gasteiger charge is -2.16. The van der Waals surface area contributed by atoms with E-state index in [0.717, 1.165) is 6.07 Å². The first kappa shape index (κ1) is 26.9. The molecular weight excluding hydrogens is 544 g/mol. The van der Waals surface area contributed by atoms with Crippen LogP contribution in [0.25, 0.3) is 22.2 Å². The number of alkyl halides is 3. The summed E-state index contributed by atoms with van der Waals surface area (Å²) in [5.41, 5.74) is -0.287. The maximum Gasteiger partial charge on any atom is 0.416 e. The molecule has 0 bridgehead atoms. The third-order valence-corrected chi connectivity index (χ3v) is 6.03. The zero-order chi connectivity index (χ0) is 28.3. The molecule has 0 aliphatic heterocycles. The van der Waals surface area contributed by atoms with Crippen LogP contribution in [0.5, 0.6) is 11.6 Å². The van der Waals surface area contributed by atoms with Gasteiger partial charge >= 0.3 is 6.18 Å². The number of nitrogens with zero attached hydrogens (tertiary/aromatic N) is 4. The third-order valence-electron chi connectivity index (χ3n) is 5.83. The van der Waals surface area contributed by atoms with Crippen LogP contribution >= 0.6 is 12.2 Å². The predicted molar refractivity (Wildman–Crippen MR) is 148 cm³/mol. The molecule has 7 nitrogen and oxygen atoms in total. The van der Waals surface area contributed by atoms with Gasteiger partial charge in [-0.05, 0) is 54.7 Å². The average molecular weight is 565 g/mol. The minimum atomic E-state index is -4.62. The van der Waals surface area contributed by atoms with Crippen molar-refractivity contribution in [3.8, 4) is 23.0 Å². The van der Waals surface area contributed by atoms with E-state index in [0.29, 0.717) is 63.9 Å². The van der Waals surface area contributed by atoms with Crippen molar-refractivity contribution in [2.24, 2.45) is 0 Å². The topological polar surface area (TPSA) is 84.9 Å². The number of hydrogen-bond donors (Lipinski definition) is 2. The molecule has 2 N–H and O–H groups in total. The molecule has 0 saturated carbocycles. The Morgan fingerprint density at radius 1 is 0.900 bits per heavy atom. The highest BCUT2D eigenvalue weighted by atomic mass is 32.1. The van der Waals surface area contributed by atoms with E-state index < -0.39 is 23.2 Å². The second-order valence-corrected chi connectivity index (χ2v) is 8.87. The Bertz CT molecular complexity index is 1710. The molecule has 0 amide bonds. The molecule has 3 aromatic carbocycles. The van der Waals surface area contributed by atoms with Gasteiger partial charge in [0.05, 0.1) is 16.8 Å². The van der Waals surface area contributed by atoms with Crippen LogP contribution in [0.3, 0.4) is 0 Å². The first-order valence-corrected chi connectivity index (χ1v) is 12.4. The average Bonchev–Trinajstić information content (AvgIpc) is 2.95. The zero-order valence-corrected chi connectivity index (χ0v) is 21.6. The van der Waals surface area contributed by atoms with Crippen LogP contribution in [0.4, 0.5) is 28.9 Å². The summed E-state index contributed by atoms with van der Waals surface area (Å²) in [5, 5.41) is 6.74. The van der Waals surface area contributed by atoms with Crippen molar-refractivity contribution in [3.05, 3.63) is 96.5 Å². The van der Waals surface area contributed by atoms with Gasteiger partial charge in [-0.25, -0.2) is 24.3 Å². The van der Waals surface area contributed by atoms with Crippen molar-refractivity contribution in [2.75, 3.05) is 10.6 Å². The van der Waals surface area contributed by atoms with Gasteiger partial charge in [-0.15, -0.1) is 0 Å². The maximum absolute atomic E-state index is 14.2. The Kier molecular flexibility index (Phi) is 7.52. The number of rotatable bonds is 6. The fourth-order valence-electron chi connectivity index (χ4n) is 3.92. The van der Waals surface area contributed by atoms with Gasteiger partial charge in [0.25, 0.3) is 0 Å². The molecule has 5 rings (SSSR count). The number of hydrogen-bond acceptors (Lipinski definition) is 6. The van der Waals surface area contributed by atoms with E-state index in [4.69, 9.17) is 17.0 Å². The highest BCUT2D eigenvalue weighted by Gasteiger charge is 2.31. The molecule has 0 aliphatic carbocycles. The lowest BCUT2D eigenvalue weighted by Crippen LogP contribution is -2.20. The van der Waals surface area contributed by atoms with Crippen LogP contribution in [0, 0.1) is 5.82 Å². The van der Waals surface area contributed by atoms with Gasteiger partial charge in [-0.2, -0.15) is 13.2 Å². The summed E-state index contributed by atoms with van der Waals surface area (Å²) in [6.45, 7) is 1.94. The molecule has 0 fully saturated rings. The summed E-state index contributed by atoms with van der Waals surface area (Å²) < 4.78 is 59.7. The van der Waals surface area contributed by atoms with Crippen molar-refractivity contribution in [1.29, 1.82) is 0 Å². The van der Waals surface area contributed by atoms with Crippen molar-refractivity contribution in [1.82, 2.24) is 19.9 Å². The normalized spacial score (nSPS) is 11.3. The van der Waals surface area contributed by atoms with Gasteiger partial charge in [0, 0.05) is 29.1 Å². The Labute approximate surface area is 231 Å². The van der Waals surface area contributed by atoms with Gasteiger partial charge in [-0.3, -0.25) is 0 Å². The number of aryl methyl sites for hydroxylation is 1. The second kappa shape index (κ2) is 11.2. The molecule has 0 saturated heterocycles. The zero-order valence-electron chi connectivity index (χ0n) is 20.8. The summed E-state index contributed by atoms with van der Waals surface area (Å²) in [5.74, 6) is 0.958. The van der Waals surface area contributed by atoms with Crippen LogP contribution in [0.15, 0.2) is 79.3 Å². The number of fused-ring (bicyclic) bond motifs is 1. The quantitative estimate of drug-likeness (QED) is 0.163. The Morgan fingerprint density at radius 3 is 2.45 bits per heavy atom. The lowest BCUT2D eigenvalue weighted by molar-refractivity contribution is -0.137. The third kappa shape index (κ3) is 5.81. The van der Waals surface area contributed by atoms with E-state index in [1.165, 1.54) is 6.33 Å². The SMILES string of the molecule is CCc1ncnc(-c2cccnc2Oc2ccc(NC(=S)Nc3cc(C(F)(F)F)ccc3F)c3ccccc23)n1. The summed E-state index contributed by atoms with van der Waals surface area (Å²) in [6, 6.07) is 16.3. The van der Waals surface area contributed by atoms with Gasteiger partial charge in [0.1, 0.15) is 23.7 Å². The Balaban J connectivity index is 1.43. The number of anilines is 2. The number of ether oxygens (including phenoxy) is 1. The van der Waals surface area contributed by atoms with Crippen LogP contribution in [0.2, 0.25) is 0 Å². The number of halogens is 4. The van der Waals surface area contributed by atoms with Crippen LogP contribution in [-0.4, -0.2) is 25.0 Å². The molecule has 40 heavy (non-hydrogen) atoms. The van der Waals surface area contributed by atoms with Crippen molar-refractivity contribution in [2.45, 2.75) is 19.5 Å². The van der Waals surface area contributed by atoms with Crippen LogP contribution in [0.1, 0.15) is 18.3 Å². The van der Waals surface area contributed by atoms with Crippen molar-refractivity contribution in [3.63, 3.8) is 0 Å². The van der Waals surface area contributed by atoms with E-state index in [1.807, 2.05) is 31.2 Å². The fourth-order valence-corrected chi connectivity index (χ4v) is 4.14. The standard InChI is InChI=1S/C28H20F4N6OS/c1-2-24-34-15-35-25(38-24)19-8-5-13-33-26(19)39-23-12-11-21(17-6-3-4-7-18(17)23)36-27(40)37-22-14-16(28(30,31)32)9-10-20(22)29/h3-15H,2H2,1H3,(H2,36,37,40). The summed E-state index contributed by atoms with van der Waals surface area (Å²) in [4.78, 5) is 17.3. The highest BCUT2D eigenvalue weighted by molar-refractivity contribution is 7.80. The molecule has 0 spiro atoms. The number of aromatic nitrogens is 4. The molecule has 2 heterocycles. The van der Waals surface area contributed by atoms with Crippen LogP contribution < -0.4 is 15.4 Å². The number of benzene rings is 3. The Morgan fingerprint density at radius 2 is 1.68 bits per heavy atom. The molecule has 202 valence electrons. The Hall–Kier alpha value is -4.71. The maximum atomic E-state index is 14.2. The molecule has 0 aliphatic rings. The van der Waals surface area contributed by atoms with E-state index in [9.17, 15) is 17.6 Å². The number of pyridine rings is 1. The summed E-state index contributed by atoms with van der Waals surface area (Å²) in [6.07, 6.45) is -0.950. The van der Waals surface area contributed by atoms with E-state index in [-0.39, 0.29) is 5.11 Å². The first-order chi connectivity index (χ1) is 19.2. The predicted octanol–water partition coefficient (Wildman–Crippen LogP) is 7.41. The lowest BCUT2D eigenvalue weighted by atomic mass is 10.1. The monoisotopic (exact) mass is 564 g/mol. The molecule has 5 aromatic rings. The van der Waals surface area contributed by atoms with Crippen molar-refractivity contribution >= 4 is 39.5 Å². The van der Waals surface area contributed by atoms with Gasteiger partial charge in [0.2, 0.25) is 5.88 Å².